The Balaban J connectivity index is 1.05. The third-order valence-corrected chi connectivity index (χ3v) is 9.87. The van der Waals surface area contributed by atoms with Gasteiger partial charge in [-0.2, -0.15) is 0 Å². The number of benzene rings is 1. The normalized spacial score (nSPS) is 24.5. The van der Waals surface area contributed by atoms with E-state index in [2.05, 4.69) is 22.3 Å². The minimum absolute atomic E-state index is 0.182. The molecule has 6 rings (SSSR count). The van der Waals surface area contributed by atoms with E-state index in [0.29, 0.717) is 18.4 Å². The number of nitrogens with one attached hydrogen (secondary N) is 1. The quantitative estimate of drug-likeness (QED) is 0.570. The fourth-order valence-electron chi connectivity index (χ4n) is 7.58. The first-order valence-corrected chi connectivity index (χ1v) is 15.2. The number of hydrogen-bond donors (Lipinski definition) is 1. The van der Waals surface area contributed by atoms with Gasteiger partial charge in [0.25, 0.3) is 0 Å². The highest BCUT2D eigenvalue weighted by atomic mass is 16.6. The van der Waals surface area contributed by atoms with Gasteiger partial charge in [-0.1, -0.05) is 6.07 Å². The number of imidazole rings is 1. The molecular weight excluding hydrogens is 522 g/mol. The summed E-state index contributed by atoms with van der Waals surface area (Å²) in [6, 6.07) is 6.16. The van der Waals surface area contributed by atoms with Gasteiger partial charge in [0.15, 0.2) is 0 Å². The third-order valence-electron chi connectivity index (χ3n) is 9.87. The summed E-state index contributed by atoms with van der Waals surface area (Å²) in [5.74, 6) is -0.249. The van der Waals surface area contributed by atoms with E-state index in [1.54, 1.807) is 16.2 Å². The van der Waals surface area contributed by atoms with Gasteiger partial charge in [0.2, 0.25) is 11.8 Å². The summed E-state index contributed by atoms with van der Waals surface area (Å²) in [5, 5.41) is 2.38. The molecule has 3 amide bonds. The predicted molar refractivity (Wildman–Crippen MR) is 155 cm³/mol. The van der Waals surface area contributed by atoms with Crippen molar-refractivity contribution in [1.29, 1.82) is 0 Å². The van der Waals surface area contributed by atoms with Crippen LogP contribution in [0, 0.1) is 5.41 Å². The van der Waals surface area contributed by atoms with Gasteiger partial charge in [0, 0.05) is 38.0 Å². The number of piperidine rings is 2. The SMILES string of the molecule is Cn1c(=O)n(C2CCC(=O)NC2=O)c2ccc(C3CCN(C4CCC5(CC4)CN(C(=O)OC(C)(C)C)C5)CC3)cc21. The lowest BCUT2D eigenvalue weighted by atomic mass is 9.67. The summed E-state index contributed by atoms with van der Waals surface area (Å²) < 4.78 is 8.72. The topological polar surface area (TPSA) is 106 Å². The van der Waals surface area contributed by atoms with Gasteiger partial charge in [0.1, 0.15) is 11.6 Å². The fraction of sp³-hybridized carbons (Fsp3) is 0.677. The second kappa shape index (κ2) is 10.3. The smallest absolute Gasteiger partial charge is 0.410 e. The van der Waals surface area contributed by atoms with Crippen molar-refractivity contribution in [3.8, 4) is 0 Å². The molecule has 4 fully saturated rings. The van der Waals surface area contributed by atoms with Crippen LogP contribution in [0.5, 0.6) is 0 Å². The van der Waals surface area contributed by atoms with Crippen LogP contribution in [0.1, 0.15) is 89.7 Å². The van der Waals surface area contributed by atoms with Crippen LogP contribution < -0.4 is 11.0 Å². The van der Waals surface area contributed by atoms with Crippen molar-refractivity contribution >= 4 is 28.9 Å². The third kappa shape index (κ3) is 5.31. The Hall–Kier alpha value is -3.14. The Kier molecular flexibility index (Phi) is 7.03. The summed E-state index contributed by atoms with van der Waals surface area (Å²) in [4.78, 5) is 54.2. The number of likely N-dealkylation sites (tertiary alicyclic amines) is 2. The van der Waals surface area contributed by atoms with E-state index >= 15 is 0 Å². The molecule has 3 aliphatic heterocycles. The highest BCUT2D eigenvalue weighted by molar-refractivity contribution is 6.00. The first-order valence-electron chi connectivity index (χ1n) is 15.2. The van der Waals surface area contributed by atoms with Crippen molar-refractivity contribution in [1.82, 2.24) is 24.3 Å². The molecule has 0 bridgehead atoms. The summed E-state index contributed by atoms with van der Waals surface area (Å²) >= 11 is 0. The average Bonchev–Trinajstić information content (AvgIpc) is 3.15. The molecule has 10 heteroatoms. The second-order valence-electron chi connectivity index (χ2n) is 13.8. The van der Waals surface area contributed by atoms with E-state index in [0.717, 1.165) is 50.1 Å². The van der Waals surface area contributed by atoms with Crippen LogP contribution in [0.2, 0.25) is 0 Å². The lowest BCUT2D eigenvalue weighted by molar-refractivity contribution is -0.135. The lowest BCUT2D eigenvalue weighted by Gasteiger charge is -2.54. The van der Waals surface area contributed by atoms with E-state index in [1.807, 2.05) is 31.7 Å². The molecule has 4 aliphatic rings. The molecule has 10 nitrogen and oxygen atoms in total. The van der Waals surface area contributed by atoms with Crippen molar-refractivity contribution in [2.45, 2.75) is 95.7 Å². The fourth-order valence-corrected chi connectivity index (χ4v) is 7.58. The van der Waals surface area contributed by atoms with E-state index in [-0.39, 0.29) is 29.5 Å². The number of imide groups is 1. The van der Waals surface area contributed by atoms with Gasteiger partial charge in [-0.05, 0) is 102 Å². The molecule has 1 N–H and O–H groups in total. The van der Waals surface area contributed by atoms with Crippen molar-refractivity contribution in [3.63, 3.8) is 0 Å². The lowest BCUT2D eigenvalue weighted by Crippen LogP contribution is -2.61. The summed E-state index contributed by atoms with van der Waals surface area (Å²) in [5.41, 5.74) is 2.42. The van der Waals surface area contributed by atoms with E-state index in [4.69, 9.17) is 4.74 Å². The molecule has 1 aromatic heterocycles. The average molecular weight is 566 g/mol. The van der Waals surface area contributed by atoms with Crippen LogP contribution in [0.4, 0.5) is 4.79 Å². The zero-order valence-corrected chi connectivity index (χ0v) is 24.8. The van der Waals surface area contributed by atoms with Gasteiger partial charge in [-0.3, -0.25) is 24.0 Å². The number of amides is 3. The molecule has 0 radical (unpaired) electrons. The van der Waals surface area contributed by atoms with Crippen molar-refractivity contribution < 1.29 is 19.1 Å². The molecule has 1 saturated carbocycles. The Bertz CT molecular complexity index is 1410. The first kappa shape index (κ1) is 28.0. The Labute approximate surface area is 241 Å². The number of fused-ring (bicyclic) bond motifs is 1. The maximum absolute atomic E-state index is 13.1. The van der Waals surface area contributed by atoms with Crippen molar-refractivity contribution in [2.75, 3.05) is 26.2 Å². The summed E-state index contributed by atoms with van der Waals surface area (Å²) in [7, 11) is 1.75. The minimum atomic E-state index is -0.659. The van der Waals surface area contributed by atoms with E-state index in [1.165, 1.54) is 31.2 Å². The molecule has 41 heavy (non-hydrogen) atoms. The standard InChI is InChI=1S/C31H43N5O5/c1-30(2,3)41-29(40)35-18-31(19-35)13-9-22(10-14-31)34-15-11-20(12-16-34)21-5-6-23-25(17-21)33(4)28(39)36(23)24-7-8-26(37)32-27(24)38/h5-6,17,20,22,24H,7-16,18-19H2,1-4H3,(H,32,37,38). The van der Waals surface area contributed by atoms with Gasteiger partial charge < -0.3 is 14.5 Å². The maximum Gasteiger partial charge on any atom is 0.410 e. The molecule has 1 spiro atoms. The maximum atomic E-state index is 13.1. The molecule has 3 saturated heterocycles. The number of rotatable bonds is 3. The highest BCUT2D eigenvalue weighted by Crippen LogP contribution is 2.46. The van der Waals surface area contributed by atoms with Gasteiger partial charge in [-0.15, -0.1) is 0 Å². The van der Waals surface area contributed by atoms with Gasteiger partial charge >= 0.3 is 11.8 Å². The minimum Gasteiger partial charge on any atom is -0.444 e. The molecule has 4 heterocycles. The largest absolute Gasteiger partial charge is 0.444 e. The second-order valence-corrected chi connectivity index (χ2v) is 13.8. The van der Waals surface area contributed by atoms with Crippen LogP contribution in [0.15, 0.2) is 23.0 Å². The molecule has 2 aromatic rings. The summed E-state index contributed by atoms with van der Waals surface area (Å²) in [6.45, 7) is 9.53. The number of aromatic nitrogens is 2. The molecule has 1 atom stereocenters. The van der Waals surface area contributed by atoms with Crippen LogP contribution in [-0.4, -0.2) is 74.7 Å². The van der Waals surface area contributed by atoms with Crippen LogP contribution in [-0.2, 0) is 21.4 Å². The zero-order valence-electron chi connectivity index (χ0n) is 24.8. The number of nitrogens with zero attached hydrogens (tertiary/aromatic N) is 4. The molecule has 1 unspecified atom stereocenters. The number of hydrogen-bond acceptors (Lipinski definition) is 6. The van der Waals surface area contributed by atoms with E-state index in [9.17, 15) is 19.2 Å². The number of ether oxygens (including phenoxy) is 1. The van der Waals surface area contributed by atoms with Crippen LogP contribution >= 0.6 is 0 Å². The molecule has 1 aliphatic carbocycles. The highest BCUT2D eigenvalue weighted by Gasteiger charge is 2.48. The Morgan fingerprint density at radius 2 is 1.66 bits per heavy atom. The van der Waals surface area contributed by atoms with Crippen LogP contribution in [0.25, 0.3) is 11.0 Å². The molecule has 222 valence electrons. The first-order chi connectivity index (χ1) is 19.4. The van der Waals surface area contributed by atoms with Crippen molar-refractivity contribution in [3.05, 3.63) is 34.2 Å². The van der Waals surface area contributed by atoms with Crippen molar-refractivity contribution in [2.24, 2.45) is 12.5 Å². The molecular formula is C31H43N5O5. The van der Waals surface area contributed by atoms with Crippen LogP contribution in [0.3, 0.4) is 0 Å². The summed E-state index contributed by atoms with van der Waals surface area (Å²) in [6.07, 6.45) is 7.29. The number of carbonyl (C=O) groups is 3. The van der Waals surface area contributed by atoms with E-state index < -0.39 is 17.6 Å². The number of aryl methyl sites for hydroxylation is 1. The zero-order chi connectivity index (χ0) is 29.1. The van der Waals surface area contributed by atoms with Gasteiger partial charge in [-0.25, -0.2) is 9.59 Å². The molecule has 1 aromatic carbocycles. The van der Waals surface area contributed by atoms with Gasteiger partial charge in [0.05, 0.1) is 11.0 Å². The monoisotopic (exact) mass is 565 g/mol. The Morgan fingerprint density at radius 3 is 2.29 bits per heavy atom. The Morgan fingerprint density at radius 1 is 0.976 bits per heavy atom. The number of carbonyl (C=O) groups excluding carboxylic acids is 3. The predicted octanol–water partition coefficient (Wildman–Crippen LogP) is 3.68.